The normalized spacial score (nSPS) is 19.5. The molecule has 0 bridgehead atoms. The van der Waals surface area contributed by atoms with Crippen molar-refractivity contribution < 1.29 is 14.4 Å². The summed E-state index contributed by atoms with van der Waals surface area (Å²) in [5.74, 6) is -1.35. The van der Waals surface area contributed by atoms with Crippen LogP contribution < -0.4 is 15.8 Å². The van der Waals surface area contributed by atoms with Gasteiger partial charge in [0.1, 0.15) is 0 Å². The molecule has 0 saturated carbocycles. The summed E-state index contributed by atoms with van der Waals surface area (Å²) in [7, 11) is 1.94. The van der Waals surface area contributed by atoms with Gasteiger partial charge in [-0.1, -0.05) is 30.0 Å². The number of amides is 3. The number of hydrazine groups is 1. The molecule has 2 unspecified atom stereocenters. The molecule has 8 nitrogen and oxygen atoms in total. The van der Waals surface area contributed by atoms with Crippen molar-refractivity contribution in [2.75, 3.05) is 10.3 Å². The molecule has 34 heavy (non-hydrogen) atoms. The Morgan fingerprint density at radius 3 is 2.59 bits per heavy atom. The first-order valence-electron chi connectivity index (χ1n) is 11.0. The lowest BCUT2D eigenvalue weighted by Crippen LogP contribution is -2.59. The molecule has 0 radical (unpaired) electrons. The van der Waals surface area contributed by atoms with Crippen molar-refractivity contribution in [3.05, 3.63) is 78.6 Å². The maximum absolute atomic E-state index is 13.0. The van der Waals surface area contributed by atoms with Crippen molar-refractivity contribution in [2.24, 2.45) is 18.9 Å². The Hall–Kier alpha value is -3.85. The Kier molecular flexibility index (Phi) is 5.93. The first-order valence-corrected chi connectivity index (χ1v) is 11.8. The Labute approximate surface area is 201 Å². The van der Waals surface area contributed by atoms with E-state index in [1.54, 1.807) is 30.5 Å². The molecule has 1 aliphatic carbocycles. The molecule has 9 heteroatoms. The fraction of sp³-hybridized carbons (Fsp3) is 0.200. The van der Waals surface area contributed by atoms with Crippen LogP contribution in [0.3, 0.4) is 0 Å². The zero-order valence-corrected chi connectivity index (χ0v) is 19.3. The zero-order valence-electron chi connectivity index (χ0n) is 18.5. The summed E-state index contributed by atoms with van der Waals surface area (Å²) < 4.78 is 1.94. The number of allylic oxidation sites excluding steroid dienone is 2. The van der Waals surface area contributed by atoms with Crippen molar-refractivity contribution in [1.29, 1.82) is 0 Å². The van der Waals surface area contributed by atoms with E-state index in [0.29, 0.717) is 29.8 Å². The van der Waals surface area contributed by atoms with Gasteiger partial charge in [0.15, 0.2) is 5.16 Å². The minimum Gasteiger partial charge on any atom is -0.329 e. The lowest BCUT2D eigenvalue weighted by atomic mass is 9.80. The highest BCUT2D eigenvalue weighted by Gasteiger charge is 2.42. The Balaban J connectivity index is 1.28. The molecule has 3 aromatic rings. The van der Waals surface area contributed by atoms with Gasteiger partial charge in [0.25, 0.3) is 5.91 Å². The number of aryl methyl sites for hydroxylation is 1. The molecule has 2 atom stereocenters. The molecule has 0 spiro atoms. The topological polar surface area (TPSA) is 96.3 Å². The van der Waals surface area contributed by atoms with E-state index in [9.17, 15) is 14.4 Å². The predicted octanol–water partition coefficient (Wildman–Crippen LogP) is 3.78. The van der Waals surface area contributed by atoms with Crippen LogP contribution in [0.4, 0.5) is 11.4 Å². The van der Waals surface area contributed by atoms with E-state index in [0.717, 1.165) is 10.1 Å². The molecular weight excluding hydrogens is 450 g/mol. The SMILES string of the molecule is Cn1ccnc1Sc1ccc(NC(=O)c2cccc(N3NC(=O)C4CC=CCC4C3=O)c2)cc1. The zero-order chi connectivity index (χ0) is 23.7. The van der Waals surface area contributed by atoms with Gasteiger partial charge >= 0.3 is 0 Å². The Morgan fingerprint density at radius 1 is 1.09 bits per heavy atom. The van der Waals surface area contributed by atoms with Crippen LogP contribution in [0.15, 0.2) is 83.1 Å². The van der Waals surface area contributed by atoms with Crippen LogP contribution in [-0.2, 0) is 16.6 Å². The predicted molar refractivity (Wildman–Crippen MR) is 129 cm³/mol. The van der Waals surface area contributed by atoms with E-state index >= 15 is 0 Å². The maximum atomic E-state index is 13.0. The van der Waals surface area contributed by atoms with E-state index in [-0.39, 0.29) is 29.6 Å². The highest BCUT2D eigenvalue weighted by atomic mass is 32.2. The van der Waals surface area contributed by atoms with Crippen molar-refractivity contribution >= 4 is 40.9 Å². The Bertz CT molecular complexity index is 1280. The van der Waals surface area contributed by atoms with E-state index in [2.05, 4.69) is 15.7 Å². The molecule has 5 rings (SSSR count). The van der Waals surface area contributed by atoms with Crippen molar-refractivity contribution in [1.82, 2.24) is 15.0 Å². The first-order chi connectivity index (χ1) is 16.5. The summed E-state index contributed by atoms with van der Waals surface area (Å²) in [5.41, 5.74) is 4.19. The van der Waals surface area contributed by atoms with Crippen LogP contribution in [0.2, 0.25) is 0 Å². The van der Waals surface area contributed by atoms with Gasteiger partial charge in [0.2, 0.25) is 11.8 Å². The Morgan fingerprint density at radius 2 is 1.85 bits per heavy atom. The number of hydrogen-bond acceptors (Lipinski definition) is 5. The smallest absolute Gasteiger partial charge is 0.255 e. The second kappa shape index (κ2) is 9.18. The number of hydrogen-bond donors (Lipinski definition) is 2. The van der Waals surface area contributed by atoms with Crippen molar-refractivity contribution in [3.8, 4) is 0 Å². The van der Waals surface area contributed by atoms with Gasteiger partial charge in [-0.15, -0.1) is 0 Å². The number of imidazole rings is 1. The van der Waals surface area contributed by atoms with Gasteiger partial charge in [-0.25, -0.2) is 9.99 Å². The summed E-state index contributed by atoms with van der Waals surface area (Å²) in [4.78, 5) is 43.7. The average Bonchev–Trinajstić information content (AvgIpc) is 3.27. The highest BCUT2D eigenvalue weighted by Crippen LogP contribution is 2.32. The van der Waals surface area contributed by atoms with E-state index < -0.39 is 0 Å². The van der Waals surface area contributed by atoms with Gasteiger partial charge in [0.05, 0.1) is 17.5 Å². The quantitative estimate of drug-likeness (QED) is 0.550. The van der Waals surface area contributed by atoms with E-state index in [1.165, 1.54) is 16.8 Å². The van der Waals surface area contributed by atoms with Crippen LogP contribution >= 0.6 is 11.8 Å². The van der Waals surface area contributed by atoms with Crippen molar-refractivity contribution in [3.63, 3.8) is 0 Å². The number of nitrogens with zero attached hydrogens (tertiary/aromatic N) is 3. The molecule has 2 N–H and O–H groups in total. The summed E-state index contributed by atoms with van der Waals surface area (Å²) in [5, 5.41) is 5.03. The number of fused-ring (bicyclic) bond motifs is 1. The highest BCUT2D eigenvalue weighted by molar-refractivity contribution is 7.99. The molecule has 1 aliphatic heterocycles. The number of carbonyl (C=O) groups excluding carboxylic acids is 3. The molecule has 2 aromatic carbocycles. The molecular formula is C25H23N5O3S. The minimum atomic E-state index is -0.376. The van der Waals surface area contributed by atoms with Crippen LogP contribution in [0, 0.1) is 11.8 Å². The van der Waals surface area contributed by atoms with Gasteiger partial charge in [-0.2, -0.15) is 0 Å². The third-order valence-electron chi connectivity index (χ3n) is 5.99. The van der Waals surface area contributed by atoms with Crippen LogP contribution in [-0.4, -0.2) is 27.3 Å². The molecule has 2 aliphatic rings. The molecule has 1 fully saturated rings. The third kappa shape index (κ3) is 4.34. The third-order valence-corrected chi connectivity index (χ3v) is 7.08. The standard InChI is InChI=1S/C25H23N5O3S/c1-29-14-13-26-25(29)34-19-11-9-17(10-12-19)27-22(31)16-5-4-6-18(15-16)30-24(33)21-8-3-2-7-20(21)23(32)28-30/h2-6,9-15,20-21H,7-8H2,1H3,(H,27,31)(H,28,32). The number of carbonyl (C=O) groups is 3. The monoisotopic (exact) mass is 473 g/mol. The number of anilines is 2. The second-order valence-electron chi connectivity index (χ2n) is 8.26. The lowest BCUT2D eigenvalue weighted by molar-refractivity contribution is -0.139. The first kappa shape index (κ1) is 22.0. The number of nitrogens with one attached hydrogen (secondary N) is 2. The largest absolute Gasteiger partial charge is 0.329 e. The van der Waals surface area contributed by atoms with Gasteiger partial charge < -0.3 is 9.88 Å². The van der Waals surface area contributed by atoms with E-state index in [4.69, 9.17) is 0 Å². The minimum absolute atomic E-state index is 0.160. The molecule has 1 aromatic heterocycles. The fourth-order valence-electron chi connectivity index (χ4n) is 4.13. The second-order valence-corrected chi connectivity index (χ2v) is 9.30. The van der Waals surface area contributed by atoms with Gasteiger partial charge in [-0.05, 0) is 55.3 Å². The average molecular weight is 474 g/mol. The summed E-state index contributed by atoms with van der Waals surface area (Å²) >= 11 is 1.53. The summed E-state index contributed by atoms with van der Waals surface area (Å²) in [6, 6.07) is 14.2. The van der Waals surface area contributed by atoms with Crippen LogP contribution in [0.5, 0.6) is 0 Å². The summed E-state index contributed by atoms with van der Waals surface area (Å²) in [6.07, 6.45) is 8.63. The van der Waals surface area contributed by atoms with Gasteiger partial charge in [0, 0.05) is 35.6 Å². The number of rotatable bonds is 5. The molecule has 172 valence electrons. The van der Waals surface area contributed by atoms with E-state index in [1.807, 2.05) is 54.2 Å². The lowest BCUT2D eigenvalue weighted by Gasteiger charge is -2.38. The van der Waals surface area contributed by atoms with Crippen LogP contribution in [0.1, 0.15) is 23.2 Å². The number of benzene rings is 2. The van der Waals surface area contributed by atoms with Crippen LogP contribution in [0.25, 0.3) is 0 Å². The van der Waals surface area contributed by atoms with Crippen molar-refractivity contribution in [2.45, 2.75) is 22.9 Å². The molecule has 1 saturated heterocycles. The molecule has 3 amide bonds. The summed E-state index contributed by atoms with van der Waals surface area (Å²) in [6.45, 7) is 0. The number of aromatic nitrogens is 2. The fourth-order valence-corrected chi connectivity index (χ4v) is 4.94. The molecule has 2 heterocycles. The maximum Gasteiger partial charge on any atom is 0.255 e. The van der Waals surface area contributed by atoms with Gasteiger partial charge in [-0.3, -0.25) is 19.8 Å².